The van der Waals surface area contributed by atoms with Crippen molar-refractivity contribution in [2.45, 2.75) is 39.2 Å². The van der Waals surface area contributed by atoms with Crippen LogP contribution in [0.3, 0.4) is 0 Å². The molecular weight excluding hydrogens is 237 g/mol. The van der Waals surface area contributed by atoms with E-state index in [1.807, 2.05) is 13.1 Å². The molecule has 0 amide bonds. The van der Waals surface area contributed by atoms with Crippen LogP contribution in [0, 0.1) is 11.7 Å². The fraction of sp³-hybridized carbons (Fsp3) is 0.571. The van der Waals surface area contributed by atoms with E-state index in [9.17, 15) is 4.39 Å². The van der Waals surface area contributed by atoms with E-state index in [2.05, 4.69) is 19.2 Å². The summed E-state index contributed by atoms with van der Waals surface area (Å²) >= 11 is 5.82. The van der Waals surface area contributed by atoms with Gasteiger partial charge in [-0.15, -0.1) is 0 Å². The summed E-state index contributed by atoms with van der Waals surface area (Å²) in [5.74, 6) is 0.337. The van der Waals surface area contributed by atoms with Crippen molar-refractivity contribution in [1.82, 2.24) is 5.32 Å². The third-order valence-corrected chi connectivity index (χ3v) is 3.71. The first kappa shape index (κ1) is 14.5. The van der Waals surface area contributed by atoms with Crippen LogP contribution in [0.15, 0.2) is 18.2 Å². The molecular formula is C14H21ClFN. The highest BCUT2D eigenvalue weighted by molar-refractivity contribution is 6.30. The van der Waals surface area contributed by atoms with Crippen molar-refractivity contribution in [3.05, 3.63) is 34.6 Å². The number of nitrogens with one attached hydrogen (secondary N) is 1. The van der Waals surface area contributed by atoms with Crippen molar-refractivity contribution in [3.8, 4) is 0 Å². The highest BCUT2D eigenvalue weighted by Gasteiger charge is 2.15. The first-order valence-corrected chi connectivity index (χ1v) is 6.62. The Morgan fingerprint density at radius 3 is 2.41 bits per heavy atom. The summed E-state index contributed by atoms with van der Waals surface area (Å²) < 4.78 is 13.1. The van der Waals surface area contributed by atoms with Crippen LogP contribution in [0.1, 0.15) is 44.7 Å². The Balaban J connectivity index is 2.82. The third-order valence-electron chi connectivity index (χ3n) is 3.42. The van der Waals surface area contributed by atoms with Crippen LogP contribution in [0.4, 0.5) is 4.39 Å². The SMILES string of the molecule is CCC(CC)CC(NC)c1ccc(F)c(Cl)c1. The van der Waals surface area contributed by atoms with Crippen molar-refractivity contribution < 1.29 is 4.39 Å². The van der Waals surface area contributed by atoms with E-state index in [0.29, 0.717) is 5.92 Å². The molecule has 0 spiro atoms. The van der Waals surface area contributed by atoms with Crippen molar-refractivity contribution in [2.24, 2.45) is 5.92 Å². The minimum absolute atomic E-state index is 0.201. The van der Waals surface area contributed by atoms with E-state index in [1.54, 1.807) is 6.07 Å². The van der Waals surface area contributed by atoms with Crippen molar-refractivity contribution >= 4 is 11.6 Å². The maximum absolute atomic E-state index is 13.1. The molecule has 1 aromatic carbocycles. The van der Waals surface area contributed by atoms with Crippen molar-refractivity contribution in [2.75, 3.05) is 7.05 Å². The Hall–Kier alpha value is -0.600. The first-order chi connectivity index (χ1) is 8.12. The highest BCUT2D eigenvalue weighted by Crippen LogP contribution is 2.27. The van der Waals surface area contributed by atoms with Gasteiger partial charge in [0.15, 0.2) is 0 Å². The molecule has 0 heterocycles. The Labute approximate surface area is 108 Å². The summed E-state index contributed by atoms with van der Waals surface area (Å²) in [6.07, 6.45) is 3.40. The van der Waals surface area contributed by atoms with Gasteiger partial charge in [0.2, 0.25) is 0 Å². The van der Waals surface area contributed by atoms with Gasteiger partial charge in [0, 0.05) is 6.04 Å². The Morgan fingerprint density at radius 2 is 1.94 bits per heavy atom. The summed E-state index contributed by atoms with van der Waals surface area (Å²) in [4.78, 5) is 0. The molecule has 0 saturated heterocycles. The van der Waals surface area contributed by atoms with Crippen molar-refractivity contribution in [3.63, 3.8) is 0 Å². The van der Waals surface area contributed by atoms with E-state index in [1.165, 1.54) is 18.9 Å². The van der Waals surface area contributed by atoms with Gasteiger partial charge in [-0.25, -0.2) is 4.39 Å². The van der Waals surface area contributed by atoms with E-state index in [4.69, 9.17) is 11.6 Å². The lowest BCUT2D eigenvalue weighted by molar-refractivity contribution is 0.385. The number of benzene rings is 1. The monoisotopic (exact) mass is 257 g/mol. The van der Waals surface area contributed by atoms with Crippen molar-refractivity contribution in [1.29, 1.82) is 0 Å². The molecule has 1 aromatic rings. The second-order valence-electron chi connectivity index (χ2n) is 4.43. The minimum Gasteiger partial charge on any atom is -0.313 e. The predicted octanol–water partition coefficient (Wildman–Crippen LogP) is 4.57. The zero-order valence-corrected chi connectivity index (χ0v) is 11.5. The van der Waals surface area contributed by atoms with Crippen LogP contribution in [-0.2, 0) is 0 Å². The van der Waals surface area contributed by atoms with E-state index < -0.39 is 0 Å². The van der Waals surface area contributed by atoms with Gasteiger partial charge in [0.25, 0.3) is 0 Å². The molecule has 0 bridgehead atoms. The molecule has 3 heteroatoms. The van der Waals surface area contributed by atoms with Crippen LogP contribution in [0.2, 0.25) is 5.02 Å². The maximum atomic E-state index is 13.1. The number of hydrogen-bond acceptors (Lipinski definition) is 1. The van der Waals surface area contributed by atoms with E-state index >= 15 is 0 Å². The average molecular weight is 258 g/mol. The first-order valence-electron chi connectivity index (χ1n) is 6.24. The number of hydrogen-bond donors (Lipinski definition) is 1. The Bertz CT molecular complexity index is 350. The molecule has 0 aliphatic carbocycles. The van der Waals surface area contributed by atoms with Gasteiger partial charge in [0.1, 0.15) is 5.82 Å². The minimum atomic E-state index is -0.354. The second-order valence-corrected chi connectivity index (χ2v) is 4.84. The molecule has 1 N–H and O–H groups in total. The number of halogens is 2. The fourth-order valence-electron chi connectivity index (χ4n) is 2.11. The zero-order chi connectivity index (χ0) is 12.8. The molecule has 0 aliphatic rings. The molecule has 0 aliphatic heterocycles. The van der Waals surface area contributed by atoms with E-state index in [0.717, 1.165) is 12.0 Å². The van der Waals surface area contributed by atoms with Crippen LogP contribution in [0.5, 0.6) is 0 Å². The molecule has 17 heavy (non-hydrogen) atoms. The lowest BCUT2D eigenvalue weighted by atomic mass is 9.91. The Kier molecular flexibility index (Phi) is 5.93. The van der Waals surface area contributed by atoms with Gasteiger partial charge in [-0.1, -0.05) is 44.4 Å². The molecule has 1 rings (SSSR count). The zero-order valence-electron chi connectivity index (χ0n) is 10.8. The van der Waals surface area contributed by atoms with Gasteiger partial charge in [-0.05, 0) is 37.1 Å². The molecule has 1 atom stereocenters. The normalized spacial score (nSPS) is 13.1. The second kappa shape index (κ2) is 6.97. The quantitative estimate of drug-likeness (QED) is 0.787. The largest absolute Gasteiger partial charge is 0.313 e. The highest BCUT2D eigenvalue weighted by atomic mass is 35.5. The summed E-state index contributed by atoms with van der Waals surface area (Å²) in [7, 11) is 1.93. The Morgan fingerprint density at radius 1 is 1.29 bits per heavy atom. The van der Waals surface area contributed by atoms with Gasteiger partial charge in [-0.3, -0.25) is 0 Å². The summed E-state index contributed by atoms with van der Waals surface area (Å²) in [6.45, 7) is 4.41. The lowest BCUT2D eigenvalue weighted by Gasteiger charge is -2.22. The lowest BCUT2D eigenvalue weighted by Crippen LogP contribution is -2.19. The summed E-state index contributed by atoms with van der Waals surface area (Å²) in [5.41, 5.74) is 1.06. The van der Waals surface area contributed by atoms with Crippen LogP contribution < -0.4 is 5.32 Å². The molecule has 96 valence electrons. The average Bonchev–Trinajstić information content (AvgIpc) is 2.35. The third kappa shape index (κ3) is 3.97. The topological polar surface area (TPSA) is 12.0 Å². The molecule has 0 radical (unpaired) electrons. The molecule has 1 unspecified atom stereocenters. The van der Waals surface area contributed by atoms with Crippen LogP contribution in [-0.4, -0.2) is 7.05 Å². The smallest absolute Gasteiger partial charge is 0.141 e. The molecule has 1 nitrogen and oxygen atoms in total. The summed E-state index contributed by atoms with van der Waals surface area (Å²) in [5, 5.41) is 3.48. The van der Waals surface area contributed by atoms with Gasteiger partial charge in [0.05, 0.1) is 5.02 Å². The van der Waals surface area contributed by atoms with Gasteiger partial charge >= 0.3 is 0 Å². The molecule has 0 fully saturated rings. The molecule has 0 saturated carbocycles. The fourth-order valence-corrected chi connectivity index (χ4v) is 2.29. The van der Waals surface area contributed by atoms with Crippen LogP contribution >= 0.6 is 11.6 Å². The van der Waals surface area contributed by atoms with E-state index in [-0.39, 0.29) is 16.9 Å². The maximum Gasteiger partial charge on any atom is 0.141 e. The van der Waals surface area contributed by atoms with Crippen LogP contribution in [0.25, 0.3) is 0 Å². The van der Waals surface area contributed by atoms with Gasteiger partial charge < -0.3 is 5.32 Å². The standard InChI is InChI=1S/C14H21ClFN/c1-4-10(5-2)8-14(17-3)11-6-7-13(16)12(15)9-11/h6-7,9-10,14,17H,4-5,8H2,1-3H3. The summed E-state index contributed by atoms with van der Waals surface area (Å²) in [6, 6.07) is 5.22. The predicted molar refractivity (Wildman–Crippen MR) is 71.9 cm³/mol. The number of rotatable bonds is 6. The molecule has 0 aromatic heterocycles. The van der Waals surface area contributed by atoms with Gasteiger partial charge in [-0.2, -0.15) is 0 Å².